The van der Waals surface area contributed by atoms with E-state index in [9.17, 15) is 0 Å². The summed E-state index contributed by atoms with van der Waals surface area (Å²) in [6, 6.07) is 0.681. The number of hydrogen-bond donors (Lipinski definition) is 1. The van der Waals surface area contributed by atoms with Crippen LogP contribution in [0.5, 0.6) is 0 Å². The molecular formula is C6H13NO. The maximum atomic E-state index is 8.49. The Hall–Kier alpha value is -0.0800. The van der Waals surface area contributed by atoms with Gasteiger partial charge in [0, 0.05) is 12.6 Å². The highest BCUT2D eigenvalue weighted by Gasteiger charge is 2.22. The number of aliphatic hydroxyl groups excluding tert-OH is 1. The van der Waals surface area contributed by atoms with Gasteiger partial charge in [-0.1, -0.05) is 0 Å². The third kappa shape index (κ3) is 1.01. The number of rotatable bonds is 2. The molecule has 1 atom stereocenters. The summed E-state index contributed by atoms with van der Waals surface area (Å²) in [5, 5.41) is 8.49. The van der Waals surface area contributed by atoms with E-state index in [4.69, 9.17) is 5.11 Å². The molecule has 0 aromatic carbocycles. The molecule has 1 heterocycles. The van der Waals surface area contributed by atoms with Crippen LogP contribution >= 0.6 is 0 Å². The molecule has 0 spiro atoms. The van der Waals surface area contributed by atoms with Crippen molar-refractivity contribution in [2.75, 3.05) is 20.2 Å². The van der Waals surface area contributed by atoms with Gasteiger partial charge in [-0.2, -0.15) is 0 Å². The molecule has 0 saturated carbocycles. The fraction of sp³-hybridized carbons (Fsp3) is 1.00. The Bertz CT molecular complexity index is 74.9. The molecule has 1 N–H and O–H groups in total. The number of likely N-dealkylation sites (tertiary alicyclic amines) is 1. The third-order valence-corrected chi connectivity index (χ3v) is 1.90. The topological polar surface area (TPSA) is 23.5 Å². The second kappa shape index (κ2) is 2.46. The zero-order valence-electron chi connectivity index (χ0n) is 5.30. The van der Waals surface area contributed by atoms with Gasteiger partial charge < -0.3 is 10.0 Å². The van der Waals surface area contributed by atoms with Crippen LogP contribution in [0.1, 0.15) is 12.8 Å². The Morgan fingerprint density at radius 1 is 1.75 bits per heavy atom. The minimum absolute atomic E-state index is 0.342. The summed E-state index contributed by atoms with van der Waals surface area (Å²) in [5.41, 5.74) is 0. The van der Waals surface area contributed by atoms with E-state index in [0.717, 1.165) is 6.42 Å². The molecule has 0 aromatic rings. The summed E-state index contributed by atoms with van der Waals surface area (Å²) < 4.78 is 0. The molecule has 1 fully saturated rings. The average Bonchev–Trinajstić information content (AvgIpc) is 1.79. The molecular weight excluding hydrogens is 102 g/mol. The van der Waals surface area contributed by atoms with Gasteiger partial charge in [-0.3, -0.25) is 0 Å². The van der Waals surface area contributed by atoms with Gasteiger partial charge in [-0.15, -0.1) is 0 Å². The van der Waals surface area contributed by atoms with Gasteiger partial charge in [0.25, 0.3) is 0 Å². The van der Waals surface area contributed by atoms with Crippen LogP contribution in [0.3, 0.4) is 0 Å². The van der Waals surface area contributed by atoms with E-state index in [1.54, 1.807) is 0 Å². The molecule has 2 nitrogen and oxygen atoms in total. The van der Waals surface area contributed by atoms with E-state index >= 15 is 0 Å². The number of hydrogen-bond acceptors (Lipinski definition) is 2. The zero-order valence-corrected chi connectivity index (χ0v) is 5.30. The van der Waals surface area contributed by atoms with Crippen LogP contribution < -0.4 is 0 Å². The first-order valence-corrected chi connectivity index (χ1v) is 3.15. The fourth-order valence-corrected chi connectivity index (χ4v) is 1.08. The molecule has 0 amide bonds. The van der Waals surface area contributed by atoms with Crippen molar-refractivity contribution < 1.29 is 5.11 Å². The Kier molecular flexibility index (Phi) is 1.86. The van der Waals surface area contributed by atoms with Crippen molar-refractivity contribution >= 4 is 0 Å². The second-order valence-electron chi connectivity index (χ2n) is 2.44. The minimum atomic E-state index is 0.342. The van der Waals surface area contributed by atoms with Gasteiger partial charge in [0.15, 0.2) is 0 Å². The van der Waals surface area contributed by atoms with Crippen molar-refractivity contribution in [1.82, 2.24) is 4.90 Å². The lowest BCUT2D eigenvalue weighted by atomic mass is 10.0. The Balaban J connectivity index is 2.08. The van der Waals surface area contributed by atoms with E-state index in [0.29, 0.717) is 12.6 Å². The zero-order chi connectivity index (χ0) is 5.98. The summed E-state index contributed by atoms with van der Waals surface area (Å²) in [6.45, 7) is 1.56. The molecule has 1 aliphatic heterocycles. The van der Waals surface area contributed by atoms with Gasteiger partial charge in [0.2, 0.25) is 0 Å². The molecule has 0 radical (unpaired) electrons. The number of aliphatic hydroxyl groups is 1. The van der Waals surface area contributed by atoms with E-state index in [1.807, 2.05) is 0 Å². The van der Waals surface area contributed by atoms with Crippen molar-refractivity contribution in [3.8, 4) is 0 Å². The fourth-order valence-electron chi connectivity index (χ4n) is 1.08. The predicted octanol–water partition coefficient (Wildman–Crippen LogP) is 0.0729. The summed E-state index contributed by atoms with van der Waals surface area (Å²) in [4.78, 5) is 2.27. The van der Waals surface area contributed by atoms with E-state index < -0.39 is 0 Å². The molecule has 1 aliphatic rings. The first-order valence-electron chi connectivity index (χ1n) is 3.15. The lowest BCUT2D eigenvalue weighted by Crippen LogP contribution is -2.44. The smallest absolute Gasteiger partial charge is 0.0445 e. The van der Waals surface area contributed by atoms with Crippen molar-refractivity contribution in [2.45, 2.75) is 18.9 Å². The molecule has 0 unspecified atom stereocenters. The quantitative estimate of drug-likeness (QED) is 0.550. The monoisotopic (exact) mass is 115 g/mol. The van der Waals surface area contributed by atoms with Crippen LogP contribution in [-0.2, 0) is 0 Å². The first-order chi connectivity index (χ1) is 3.84. The Labute approximate surface area is 50.1 Å². The summed E-state index contributed by atoms with van der Waals surface area (Å²) in [7, 11) is 2.10. The minimum Gasteiger partial charge on any atom is -0.396 e. The normalized spacial score (nSPS) is 30.0. The van der Waals surface area contributed by atoms with Crippen LogP contribution in [0, 0.1) is 0 Å². The van der Waals surface area contributed by atoms with Crippen LogP contribution in [0.4, 0.5) is 0 Å². The van der Waals surface area contributed by atoms with Crippen LogP contribution in [0.2, 0.25) is 0 Å². The van der Waals surface area contributed by atoms with E-state index in [2.05, 4.69) is 11.9 Å². The predicted molar refractivity (Wildman–Crippen MR) is 32.7 cm³/mol. The third-order valence-electron chi connectivity index (χ3n) is 1.90. The average molecular weight is 115 g/mol. The summed E-state index contributed by atoms with van der Waals surface area (Å²) >= 11 is 0. The van der Waals surface area contributed by atoms with Gasteiger partial charge in [-0.05, 0) is 26.4 Å². The van der Waals surface area contributed by atoms with Crippen molar-refractivity contribution in [2.24, 2.45) is 0 Å². The Morgan fingerprint density at radius 2 is 2.50 bits per heavy atom. The molecule has 48 valence electrons. The van der Waals surface area contributed by atoms with E-state index in [1.165, 1.54) is 13.0 Å². The lowest BCUT2D eigenvalue weighted by Gasteiger charge is -2.37. The van der Waals surface area contributed by atoms with Gasteiger partial charge in [0.05, 0.1) is 0 Å². The Morgan fingerprint density at radius 3 is 2.62 bits per heavy atom. The second-order valence-corrected chi connectivity index (χ2v) is 2.44. The molecule has 0 bridgehead atoms. The van der Waals surface area contributed by atoms with Gasteiger partial charge in [-0.25, -0.2) is 0 Å². The first kappa shape index (κ1) is 6.05. The maximum absolute atomic E-state index is 8.49. The summed E-state index contributed by atoms with van der Waals surface area (Å²) in [5.74, 6) is 0. The molecule has 0 aromatic heterocycles. The molecule has 8 heavy (non-hydrogen) atoms. The molecule has 1 saturated heterocycles. The molecule has 2 heteroatoms. The maximum Gasteiger partial charge on any atom is 0.0445 e. The number of nitrogens with zero attached hydrogens (tertiary/aromatic N) is 1. The van der Waals surface area contributed by atoms with Crippen LogP contribution in [0.25, 0.3) is 0 Å². The largest absolute Gasteiger partial charge is 0.396 e. The van der Waals surface area contributed by atoms with Gasteiger partial charge in [0.1, 0.15) is 0 Å². The van der Waals surface area contributed by atoms with Gasteiger partial charge >= 0.3 is 0 Å². The van der Waals surface area contributed by atoms with Crippen molar-refractivity contribution in [3.05, 3.63) is 0 Å². The van der Waals surface area contributed by atoms with Crippen LogP contribution in [-0.4, -0.2) is 36.2 Å². The molecule has 0 aliphatic carbocycles. The van der Waals surface area contributed by atoms with Crippen molar-refractivity contribution in [3.63, 3.8) is 0 Å². The highest BCUT2D eigenvalue weighted by atomic mass is 16.3. The SMILES string of the molecule is CN1CC[C@H]1CCO. The summed E-state index contributed by atoms with van der Waals surface area (Å²) in [6.07, 6.45) is 2.23. The standard InChI is InChI=1S/C6H13NO/c1-7-4-2-6(7)3-5-8/h6,8H,2-5H2,1H3/t6-/m0/s1. The van der Waals surface area contributed by atoms with Crippen LogP contribution in [0.15, 0.2) is 0 Å². The highest BCUT2D eigenvalue weighted by Crippen LogP contribution is 2.16. The molecule has 1 rings (SSSR count). The van der Waals surface area contributed by atoms with Crippen molar-refractivity contribution in [1.29, 1.82) is 0 Å². The highest BCUT2D eigenvalue weighted by molar-refractivity contribution is 4.78. The lowest BCUT2D eigenvalue weighted by molar-refractivity contribution is 0.0976. The van der Waals surface area contributed by atoms with E-state index in [-0.39, 0.29) is 0 Å².